The number of aryl methyl sites for hydroxylation is 1. The molecule has 0 radical (unpaired) electrons. The number of hydrogen-bond donors (Lipinski definition) is 1. The summed E-state index contributed by atoms with van der Waals surface area (Å²) in [5.74, 6) is -2.59. The van der Waals surface area contributed by atoms with E-state index in [0.29, 0.717) is 23.6 Å². The SMILES string of the molecule is Cc1ccc(NC(=O)COC(=O)CN2C(=O)[C@H]3CCCC[C@@H]3C2=O)c(Cl)c1. The number of nitrogens with zero attached hydrogens (tertiary/aromatic N) is 1. The molecular weight excluding hydrogens is 372 g/mol. The van der Waals surface area contributed by atoms with Gasteiger partial charge in [-0.1, -0.05) is 30.5 Å². The van der Waals surface area contributed by atoms with Crippen molar-refractivity contribution in [3.63, 3.8) is 0 Å². The van der Waals surface area contributed by atoms with E-state index in [1.54, 1.807) is 18.2 Å². The van der Waals surface area contributed by atoms with Gasteiger partial charge in [0.15, 0.2) is 6.61 Å². The largest absolute Gasteiger partial charge is 0.454 e. The Hall–Kier alpha value is -2.41. The molecule has 0 unspecified atom stereocenters. The number of likely N-dealkylation sites (tertiary alicyclic amines) is 1. The van der Waals surface area contributed by atoms with E-state index < -0.39 is 25.0 Å². The number of esters is 1. The molecule has 1 N–H and O–H groups in total. The third-order valence-corrected chi connectivity index (χ3v) is 5.30. The van der Waals surface area contributed by atoms with Gasteiger partial charge in [0.2, 0.25) is 11.8 Å². The molecule has 144 valence electrons. The molecule has 1 saturated heterocycles. The quantitative estimate of drug-likeness (QED) is 0.613. The summed E-state index contributed by atoms with van der Waals surface area (Å²) in [4.78, 5) is 49.6. The molecule has 2 atom stereocenters. The Morgan fingerprint density at radius 3 is 2.41 bits per heavy atom. The van der Waals surface area contributed by atoms with Gasteiger partial charge in [-0.15, -0.1) is 0 Å². The average molecular weight is 393 g/mol. The highest BCUT2D eigenvalue weighted by molar-refractivity contribution is 6.33. The van der Waals surface area contributed by atoms with Crippen molar-refractivity contribution in [1.29, 1.82) is 0 Å². The fourth-order valence-corrected chi connectivity index (χ4v) is 3.90. The van der Waals surface area contributed by atoms with Crippen LogP contribution < -0.4 is 5.32 Å². The van der Waals surface area contributed by atoms with Crippen molar-refractivity contribution < 1.29 is 23.9 Å². The highest BCUT2D eigenvalue weighted by Gasteiger charge is 2.48. The molecule has 2 aliphatic rings. The Balaban J connectivity index is 1.50. The number of halogens is 1. The topological polar surface area (TPSA) is 92.8 Å². The number of fused-ring (bicyclic) bond motifs is 1. The summed E-state index contributed by atoms with van der Waals surface area (Å²) in [6, 6.07) is 5.14. The van der Waals surface area contributed by atoms with Gasteiger partial charge in [0.1, 0.15) is 6.54 Å². The van der Waals surface area contributed by atoms with Gasteiger partial charge in [-0.2, -0.15) is 0 Å². The minimum Gasteiger partial charge on any atom is -0.454 e. The molecule has 1 saturated carbocycles. The fraction of sp³-hybridized carbons (Fsp3) is 0.474. The lowest BCUT2D eigenvalue weighted by atomic mass is 9.81. The van der Waals surface area contributed by atoms with E-state index in [1.165, 1.54) is 0 Å². The second-order valence-electron chi connectivity index (χ2n) is 6.95. The Labute approximate surface area is 162 Å². The Bertz CT molecular complexity index is 770. The molecule has 2 fully saturated rings. The average Bonchev–Trinajstić information content (AvgIpc) is 2.88. The van der Waals surface area contributed by atoms with E-state index in [4.69, 9.17) is 16.3 Å². The van der Waals surface area contributed by atoms with E-state index in [1.807, 2.05) is 6.92 Å². The summed E-state index contributed by atoms with van der Waals surface area (Å²) in [6.45, 7) is 0.895. The van der Waals surface area contributed by atoms with Crippen molar-refractivity contribution in [2.45, 2.75) is 32.6 Å². The van der Waals surface area contributed by atoms with Crippen LogP contribution in [0.3, 0.4) is 0 Å². The molecular formula is C19H21ClN2O5. The summed E-state index contributed by atoms with van der Waals surface area (Å²) in [6.07, 6.45) is 3.20. The number of amides is 3. The van der Waals surface area contributed by atoms with Gasteiger partial charge in [-0.3, -0.25) is 24.1 Å². The second-order valence-corrected chi connectivity index (χ2v) is 7.36. The minimum atomic E-state index is -0.791. The maximum Gasteiger partial charge on any atom is 0.326 e. The van der Waals surface area contributed by atoms with Gasteiger partial charge < -0.3 is 10.1 Å². The van der Waals surface area contributed by atoms with Crippen molar-refractivity contribution in [3.05, 3.63) is 28.8 Å². The zero-order valence-corrected chi connectivity index (χ0v) is 15.8. The molecule has 1 aliphatic carbocycles. The van der Waals surface area contributed by atoms with Crippen LogP contribution in [0.5, 0.6) is 0 Å². The lowest BCUT2D eigenvalue weighted by Crippen LogP contribution is -2.37. The van der Waals surface area contributed by atoms with Crippen LogP contribution in [0.4, 0.5) is 5.69 Å². The molecule has 1 aromatic carbocycles. The van der Waals surface area contributed by atoms with Crippen LogP contribution in [0.25, 0.3) is 0 Å². The zero-order valence-electron chi connectivity index (χ0n) is 15.0. The molecule has 7 nitrogen and oxygen atoms in total. The summed E-state index contributed by atoms with van der Waals surface area (Å²) in [5.41, 5.74) is 1.36. The first-order valence-electron chi connectivity index (χ1n) is 8.93. The Kier molecular flexibility index (Phi) is 5.79. The Morgan fingerprint density at radius 2 is 1.81 bits per heavy atom. The number of rotatable bonds is 5. The number of carbonyl (C=O) groups is 4. The lowest BCUT2D eigenvalue weighted by Gasteiger charge is -2.19. The summed E-state index contributed by atoms with van der Waals surface area (Å²) >= 11 is 6.04. The predicted octanol–water partition coefficient (Wildman–Crippen LogP) is 2.31. The third-order valence-electron chi connectivity index (χ3n) is 4.98. The molecule has 0 spiro atoms. The summed E-state index contributed by atoms with van der Waals surface area (Å²) < 4.78 is 4.91. The summed E-state index contributed by atoms with van der Waals surface area (Å²) in [5, 5.41) is 2.93. The van der Waals surface area contributed by atoms with Crippen LogP contribution in [-0.4, -0.2) is 41.7 Å². The van der Waals surface area contributed by atoms with E-state index in [2.05, 4.69) is 5.32 Å². The number of benzene rings is 1. The normalized spacial score (nSPS) is 21.8. The lowest BCUT2D eigenvalue weighted by molar-refractivity contribution is -0.154. The standard InChI is InChI=1S/C19H21ClN2O5/c1-11-6-7-15(14(20)8-11)21-16(23)10-27-17(24)9-22-18(25)12-4-2-3-5-13(12)19(22)26/h6-8,12-13H,2-5,9-10H2,1H3,(H,21,23)/t12-,13-/m0/s1. The van der Waals surface area contributed by atoms with Gasteiger partial charge in [0.05, 0.1) is 22.5 Å². The van der Waals surface area contributed by atoms with Crippen LogP contribution in [0, 0.1) is 18.8 Å². The van der Waals surface area contributed by atoms with E-state index in [9.17, 15) is 19.2 Å². The van der Waals surface area contributed by atoms with Crippen molar-refractivity contribution in [3.8, 4) is 0 Å². The van der Waals surface area contributed by atoms with Crippen molar-refractivity contribution in [1.82, 2.24) is 4.90 Å². The van der Waals surface area contributed by atoms with Crippen molar-refractivity contribution in [2.75, 3.05) is 18.5 Å². The number of anilines is 1. The van der Waals surface area contributed by atoms with Crippen LogP contribution in [0.2, 0.25) is 5.02 Å². The van der Waals surface area contributed by atoms with Crippen molar-refractivity contribution in [2.24, 2.45) is 11.8 Å². The summed E-state index contributed by atoms with van der Waals surface area (Å²) in [7, 11) is 0. The molecule has 1 aromatic rings. The van der Waals surface area contributed by atoms with Crippen LogP contribution in [-0.2, 0) is 23.9 Å². The van der Waals surface area contributed by atoms with E-state index >= 15 is 0 Å². The monoisotopic (exact) mass is 392 g/mol. The van der Waals surface area contributed by atoms with Gasteiger partial charge in [-0.05, 0) is 37.5 Å². The number of carbonyl (C=O) groups excluding carboxylic acids is 4. The van der Waals surface area contributed by atoms with Gasteiger partial charge >= 0.3 is 5.97 Å². The maximum atomic E-state index is 12.3. The van der Waals surface area contributed by atoms with Crippen LogP contribution in [0.1, 0.15) is 31.2 Å². The smallest absolute Gasteiger partial charge is 0.326 e. The first kappa shape index (κ1) is 19.4. The molecule has 3 rings (SSSR count). The first-order valence-corrected chi connectivity index (χ1v) is 9.31. The molecule has 8 heteroatoms. The van der Waals surface area contributed by atoms with Crippen LogP contribution in [0.15, 0.2) is 18.2 Å². The van der Waals surface area contributed by atoms with E-state index in [0.717, 1.165) is 23.3 Å². The number of hydrogen-bond acceptors (Lipinski definition) is 5. The van der Waals surface area contributed by atoms with Gasteiger partial charge in [0, 0.05) is 0 Å². The highest BCUT2D eigenvalue weighted by Crippen LogP contribution is 2.37. The third kappa shape index (κ3) is 4.30. The Morgan fingerprint density at radius 1 is 1.19 bits per heavy atom. The molecule has 0 aromatic heterocycles. The number of nitrogens with one attached hydrogen (secondary N) is 1. The molecule has 1 aliphatic heterocycles. The number of imide groups is 1. The molecule has 0 bridgehead atoms. The van der Waals surface area contributed by atoms with Gasteiger partial charge in [-0.25, -0.2) is 0 Å². The highest BCUT2D eigenvalue weighted by atomic mass is 35.5. The molecule has 27 heavy (non-hydrogen) atoms. The maximum absolute atomic E-state index is 12.3. The van der Waals surface area contributed by atoms with Crippen LogP contribution >= 0.6 is 11.6 Å². The number of ether oxygens (including phenoxy) is 1. The minimum absolute atomic E-state index is 0.308. The second kappa shape index (κ2) is 8.08. The molecule has 1 heterocycles. The van der Waals surface area contributed by atoms with Crippen molar-refractivity contribution >= 4 is 41.0 Å². The first-order chi connectivity index (χ1) is 12.9. The van der Waals surface area contributed by atoms with E-state index in [-0.39, 0.29) is 23.7 Å². The molecule has 3 amide bonds. The fourth-order valence-electron chi connectivity index (χ4n) is 3.62. The zero-order chi connectivity index (χ0) is 19.6. The predicted molar refractivity (Wildman–Crippen MR) is 97.9 cm³/mol. The van der Waals surface area contributed by atoms with Gasteiger partial charge in [0.25, 0.3) is 5.91 Å².